The molecule has 6 nitrogen and oxygen atoms in total. The van der Waals surface area contributed by atoms with Crippen molar-refractivity contribution in [1.82, 2.24) is 4.90 Å². The van der Waals surface area contributed by atoms with E-state index in [0.717, 1.165) is 22.4 Å². The summed E-state index contributed by atoms with van der Waals surface area (Å²) in [5.74, 6) is 0.741. The Labute approximate surface area is 172 Å². The minimum atomic E-state index is -0.269. The van der Waals surface area contributed by atoms with Gasteiger partial charge in [0.2, 0.25) is 11.8 Å². The summed E-state index contributed by atoms with van der Waals surface area (Å²) in [4.78, 5) is 26.1. The van der Waals surface area contributed by atoms with E-state index in [1.165, 1.54) is 11.0 Å². The first-order valence-electron chi connectivity index (χ1n) is 9.45. The molecule has 0 heterocycles. The maximum absolute atomic E-state index is 12.4. The quantitative estimate of drug-likeness (QED) is 0.689. The molecule has 0 aliphatic rings. The molecule has 0 fully saturated rings. The molecule has 2 amide bonds. The van der Waals surface area contributed by atoms with Crippen LogP contribution in [0, 0.1) is 13.8 Å². The van der Waals surface area contributed by atoms with Crippen LogP contribution in [-0.2, 0) is 9.59 Å². The van der Waals surface area contributed by atoms with Crippen molar-refractivity contribution < 1.29 is 19.1 Å². The second-order valence-electron chi connectivity index (χ2n) is 6.69. The third-order valence-electron chi connectivity index (χ3n) is 4.41. The summed E-state index contributed by atoms with van der Waals surface area (Å²) in [6, 6.07) is 11.2. The van der Waals surface area contributed by atoms with Crippen LogP contribution in [0.15, 0.2) is 42.5 Å². The van der Waals surface area contributed by atoms with Gasteiger partial charge in [0.25, 0.3) is 0 Å². The highest BCUT2D eigenvalue weighted by Crippen LogP contribution is 2.28. The second kappa shape index (κ2) is 10.3. The van der Waals surface area contributed by atoms with Gasteiger partial charge in [-0.3, -0.25) is 9.59 Å². The lowest BCUT2D eigenvalue weighted by molar-refractivity contribution is -0.129. The molecule has 29 heavy (non-hydrogen) atoms. The van der Waals surface area contributed by atoms with Crippen LogP contribution in [0.25, 0.3) is 6.08 Å². The molecule has 0 aliphatic heterocycles. The zero-order chi connectivity index (χ0) is 21.4. The number of benzene rings is 2. The molecule has 154 valence electrons. The van der Waals surface area contributed by atoms with E-state index in [4.69, 9.17) is 9.47 Å². The van der Waals surface area contributed by atoms with Crippen LogP contribution in [0.5, 0.6) is 11.5 Å². The highest BCUT2D eigenvalue weighted by molar-refractivity contribution is 5.98. The summed E-state index contributed by atoms with van der Waals surface area (Å²) in [5, 5.41) is 2.88. The fraction of sp³-hybridized carbons (Fsp3) is 0.304. The van der Waals surface area contributed by atoms with Crippen molar-refractivity contribution in [2.45, 2.75) is 20.8 Å². The van der Waals surface area contributed by atoms with E-state index in [9.17, 15) is 9.59 Å². The van der Waals surface area contributed by atoms with E-state index in [1.807, 2.05) is 45.0 Å². The predicted molar refractivity (Wildman–Crippen MR) is 115 cm³/mol. The van der Waals surface area contributed by atoms with E-state index in [1.54, 1.807) is 32.4 Å². The number of carbonyl (C=O) groups is 2. The number of anilines is 1. The molecule has 0 radical (unpaired) electrons. The number of likely N-dealkylation sites (N-methyl/N-ethyl adjacent to an activating group) is 1. The van der Waals surface area contributed by atoms with Crippen LogP contribution < -0.4 is 14.8 Å². The summed E-state index contributed by atoms with van der Waals surface area (Å²) < 4.78 is 10.8. The second-order valence-corrected chi connectivity index (χ2v) is 6.69. The number of amides is 2. The first-order chi connectivity index (χ1) is 13.8. The minimum Gasteiger partial charge on any atom is -0.493 e. The molecule has 0 atom stereocenters. The van der Waals surface area contributed by atoms with Gasteiger partial charge in [-0.05, 0) is 55.7 Å². The van der Waals surface area contributed by atoms with Crippen LogP contribution >= 0.6 is 0 Å². The van der Waals surface area contributed by atoms with E-state index in [-0.39, 0.29) is 18.4 Å². The predicted octanol–water partition coefficient (Wildman–Crippen LogP) is 3.82. The Morgan fingerprint density at radius 2 is 1.79 bits per heavy atom. The first kappa shape index (κ1) is 22.0. The monoisotopic (exact) mass is 396 g/mol. The number of para-hydroxylation sites is 1. The normalized spacial score (nSPS) is 10.7. The van der Waals surface area contributed by atoms with Crippen molar-refractivity contribution >= 4 is 23.6 Å². The number of hydrogen-bond donors (Lipinski definition) is 1. The first-order valence-corrected chi connectivity index (χ1v) is 9.45. The van der Waals surface area contributed by atoms with E-state index < -0.39 is 0 Å². The van der Waals surface area contributed by atoms with E-state index >= 15 is 0 Å². The Bertz CT molecular complexity index is 885. The number of hydrogen-bond acceptors (Lipinski definition) is 4. The SMILES string of the molecule is CCOc1ccc(/C=C/C(=O)N(C)CC(=O)Nc2c(C)cccc2C)cc1OC. The van der Waals surface area contributed by atoms with Crippen LogP contribution in [0.2, 0.25) is 0 Å². The summed E-state index contributed by atoms with van der Waals surface area (Å²) >= 11 is 0. The summed E-state index contributed by atoms with van der Waals surface area (Å²) in [7, 11) is 3.16. The van der Waals surface area contributed by atoms with Gasteiger partial charge in [-0.1, -0.05) is 24.3 Å². The Hall–Kier alpha value is -3.28. The summed E-state index contributed by atoms with van der Waals surface area (Å²) in [5.41, 5.74) is 3.55. The molecule has 2 aromatic rings. The molecule has 1 N–H and O–H groups in total. The smallest absolute Gasteiger partial charge is 0.246 e. The third kappa shape index (κ3) is 6.10. The Balaban J connectivity index is 1.98. The van der Waals surface area contributed by atoms with Gasteiger partial charge in [0.15, 0.2) is 11.5 Å². The molecular formula is C23H28N2O4. The molecule has 2 aromatic carbocycles. The van der Waals surface area contributed by atoms with Crippen LogP contribution in [0.4, 0.5) is 5.69 Å². The number of rotatable bonds is 8. The van der Waals surface area contributed by atoms with Gasteiger partial charge in [-0.2, -0.15) is 0 Å². The zero-order valence-corrected chi connectivity index (χ0v) is 17.6. The maximum Gasteiger partial charge on any atom is 0.246 e. The van der Waals surface area contributed by atoms with E-state index in [2.05, 4.69) is 5.32 Å². The average Bonchev–Trinajstić information content (AvgIpc) is 2.69. The summed E-state index contributed by atoms with van der Waals surface area (Å²) in [6.07, 6.45) is 3.11. The number of aryl methyl sites for hydroxylation is 2. The van der Waals surface area contributed by atoms with Gasteiger partial charge >= 0.3 is 0 Å². The Morgan fingerprint density at radius 1 is 1.10 bits per heavy atom. The van der Waals surface area contributed by atoms with Crippen LogP contribution in [-0.4, -0.2) is 44.0 Å². The number of ether oxygens (including phenoxy) is 2. The fourth-order valence-electron chi connectivity index (χ4n) is 2.84. The van der Waals surface area contributed by atoms with Crippen molar-refractivity contribution in [2.24, 2.45) is 0 Å². The van der Waals surface area contributed by atoms with Gasteiger partial charge in [0, 0.05) is 18.8 Å². The van der Waals surface area contributed by atoms with Crippen molar-refractivity contribution in [3.63, 3.8) is 0 Å². The van der Waals surface area contributed by atoms with Crippen molar-refractivity contribution in [2.75, 3.05) is 32.6 Å². The Kier molecular flexibility index (Phi) is 7.83. The third-order valence-corrected chi connectivity index (χ3v) is 4.41. The molecule has 0 spiro atoms. The topological polar surface area (TPSA) is 67.9 Å². The van der Waals surface area contributed by atoms with Crippen LogP contribution in [0.3, 0.4) is 0 Å². The van der Waals surface area contributed by atoms with Gasteiger partial charge in [-0.15, -0.1) is 0 Å². The maximum atomic E-state index is 12.4. The average molecular weight is 396 g/mol. The number of nitrogens with zero attached hydrogens (tertiary/aromatic N) is 1. The molecule has 0 saturated heterocycles. The number of carbonyl (C=O) groups excluding carboxylic acids is 2. The molecule has 0 aromatic heterocycles. The lowest BCUT2D eigenvalue weighted by atomic mass is 10.1. The molecule has 0 unspecified atom stereocenters. The number of methoxy groups -OCH3 is 1. The molecule has 0 bridgehead atoms. The van der Waals surface area contributed by atoms with Crippen molar-refractivity contribution in [3.05, 3.63) is 59.2 Å². The van der Waals surface area contributed by atoms with Crippen LogP contribution in [0.1, 0.15) is 23.6 Å². The van der Waals surface area contributed by atoms with Gasteiger partial charge in [-0.25, -0.2) is 0 Å². The molecule has 6 heteroatoms. The van der Waals surface area contributed by atoms with Gasteiger partial charge in [0.05, 0.1) is 20.3 Å². The fourth-order valence-corrected chi connectivity index (χ4v) is 2.84. The van der Waals surface area contributed by atoms with Gasteiger partial charge in [0.1, 0.15) is 0 Å². The molecule has 0 saturated carbocycles. The standard InChI is InChI=1S/C23H28N2O4/c1-6-29-19-12-10-18(14-20(19)28-5)11-13-22(27)25(4)15-21(26)24-23-16(2)8-7-9-17(23)3/h7-14H,6,15H2,1-5H3,(H,24,26)/b13-11+. The lowest BCUT2D eigenvalue weighted by Gasteiger charge is -2.16. The van der Waals surface area contributed by atoms with E-state index in [0.29, 0.717) is 18.1 Å². The lowest BCUT2D eigenvalue weighted by Crippen LogP contribution is -2.34. The van der Waals surface area contributed by atoms with Crippen molar-refractivity contribution in [3.8, 4) is 11.5 Å². The molecule has 2 rings (SSSR count). The molecular weight excluding hydrogens is 368 g/mol. The highest BCUT2D eigenvalue weighted by Gasteiger charge is 2.13. The minimum absolute atomic E-state index is 0.0381. The highest BCUT2D eigenvalue weighted by atomic mass is 16.5. The van der Waals surface area contributed by atoms with Crippen molar-refractivity contribution in [1.29, 1.82) is 0 Å². The zero-order valence-electron chi connectivity index (χ0n) is 17.6. The molecule has 0 aliphatic carbocycles. The van der Waals surface area contributed by atoms with Gasteiger partial charge < -0.3 is 19.7 Å². The number of nitrogens with one attached hydrogen (secondary N) is 1. The Morgan fingerprint density at radius 3 is 2.41 bits per heavy atom. The summed E-state index contributed by atoms with van der Waals surface area (Å²) in [6.45, 7) is 6.28. The largest absolute Gasteiger partial charge is 0.493 e.